The van der Waals surface area contributed by atoms with E-state index in [4.69, 9.17) is 9.47 Å². The van der Waals surface area contributed by atoms with Crippen LogP contribution in [-0.4, -0.2) is 64.3 Å². The van der Waals surface area contributed by atoms with Gasteiger partial charge in [0.2, 0.25) is 11.8 Å². The third kappa shape index (κ3) is 6.80. The highest BCUT2D eigenvalue weighted by atomic mass is 16.6. The van der Waals surface area contributed by atoms with Crippen molar-refractivity contribution in [2.24, 2.45) is 5.92 Å². The molecular weight excluding hydrogens is 719 g/mol. The van der Waals surface area contributed by atoms with E-state index in [0.29, 0.717) is 41.0 Å². The van der Waals surface area contributed by atoms with Crippen LogP contribution in [0.15, 0.2) is 116 Å². The second kappa shape index (κ2) is 16.0. The molecule has 4 N–H and O–H groups in total. The van der Waals surface area contributed by atoms with E-state index in [1.54, 1.807) is 24.3 Å². The molecule has 57 heavy (non-hydrogen) atoms. The zero-order chi connectivity index (χ0) is 39.6. The maximum atomic E-state index is 15.4. The Balaban J connectivity index is 1.42. The number of amides is 2. The van der Waals surface area contributed by atoms with Crippen LogP contribution in [0.2, 0.25) is 0 Å². The molecule has 2 saturated heterocycles. The molecule has 1 saturated carbocycles. The number of carbonyl (C=O) groups excluding carboxylic acids is 3. The number of hydrogen-bond donors (Lipinski definition) is 4. The minimum absolute atomic E-state index is 0.0222. The van der Waals surface area contributed by atoms with Crippen LogP contribution < -0.4 is 15.4 Å². The molecule has 3 aliphatic heterocycles. The van der Waals surface area contributed by atoms with Crippen LogP contribution in [-0.2, 0) is 24.5 Å². The van der Waals surface area contributed by atoms with Crippen molar-refractivity contribution in [3.8, 4) is 17.6 Å². The Morgan fingerprint density at radius 1 is 0.930 bits per heavy atom. The first kappa shape index (κ1) is 38.2. The Bertz CT molecular complexity index is 2210. The summed E-state index contributed by atoms with van der Waals surface area (Å²) in [5.74, 6) is 3.87. The number of esters is 1. The molecule has 0 aromatic heterocycles. The lowest BCUT2D eigenvalue weighted by Gasteiger charge is -2.46. The number of aliphatic hydroxyl groups is 2. The van der Waals surface area contributed by atoms with Crippen molar-refractivity contribution >= 4 is 23.5 Å². The SMILES string of the molecule is C=CCNC(=O)[C@@H]1[C@H]2C(=O)O[C@H](c3ccccc3)[C@H](c3ccccc3)N2[C@H](c2ccccc2OCCO)[C@@]12C(=O)Nc1ccc(C#CC3(O)CCCCCC3)cc12. The van der Waals surface area contributed by atoms with Gasteiger partial charge in [-0.2, -0.15) is 0 Å². The van der Waals surface area contributed by atoms with E-state index in [9.17, 15) is 19.8 Å². The van der Waals surface area contributed by atoms with Crippen molar-refractivity contribution in [1.82, 2.24) is 10.2 Å². The number of hydrogen-bond acceptors (Lipinski definition) is 8. The van der Waals surface area contributed by atoms with Crippen LogP contribution in [0, 0.1) is 17.8 Å². The van der Waals surface area contributed by atoms with E-state index in [0.717, 1.165) is 36.8 Å². The molecule has 292 valence electrons. The van der Waals surface area contributed by atoms with E-state index >= 15 is 4.79 Å². The van der Waals surface area contributed by atoms with Gasteiger partial charge >= 0.3 is 5.97 Å². The number of anilines is 1. The highest BCUT2D eigenvalue weighted by Crippen LogP contribution is 2.65. The van der Waals surface area contributed by atoms with Gasteiger partial charge in [0.15, 0.2) is 0 Å². The van der Waals surface area contributed by atoms with Gasteiger partial charge in [0.1, 0.15) is 35.5 Å². The monoisotopic (exact) mass is 765 g/mol. The van der Waals surface area contributed by atoms with Crippen LogP contribution in [0.25, 0.3) is 0 Å². The van der Waals surface area contributed by atoms with Crippen molar-refractivity contribution in [2.45, 2.75) is 73.8 Å². The number of rotatable bonds is 9. The molecule has 4 aromatic rings. The fourth-order valence-corrected chi connectivity index (χ4v) is 9.54. The van der Waals surface area contributed by atoms with Gasteiger partial charge < -0.3 is 30.3 Å². The first-order chi connectivity index (χ1) is 27.8. The smallest absolute Gasteiger partial charge is 0.324 e. The molecule has 10 heteroatoms. The Labute approximate surface area is 332 Å². The quantitative estimate of drug-likeness (QED) is 0.0699. The summed E-state index contributed by atoms with van der Waals surface area (Å²) in [5.41, 5.74) is 0.808. The Morgan fingerprint density at radius 2 is 1.61 bits per heavy atom. The molecule has 8 rings (SSSR count). The average Bonchev–Trinajstić information content (AvgIpc) is 3.60. The molecule has 3 heterocycles. The number of carbonyl (C=O) groups is 3. The minimum Gasteiger partial charge on any atom is -0.491 e. The Kier molecular flexibility index (Phi) is 10.7. The number of morpholine rings is 1. The molecule has 4 aliphatic rings. The van der Waals surface area contributed by atoms with Crippen LogP contribution in [0.3, 0.4) is 0 Å². The van der Waals surface area contributed by atoms with Crippen molar-refractivity contribution in [3.05, 3.63) is 144 Å². The number of aliphatic hydroxyl groups excluding tert-OH is 1. The maximum Gasteiger partial charge on any atom is 0.324 e. The van der Waals surface area contributed by atoms with Gasteiger partial charge in [-0.15, -0.1) is 6.58 Å². The molecular formula is C47H47N3O7. The van der Waals surface area contributed by atoms with E-state index in [-0.39, 0.29) is 19.8 Å². The van der Waals surface area contributed by atoms with Crippen LogP contribution in [0.4, 0.5) is 5.69 Å². The van der Waals surface area contributed by atoms with Gasteiger partial charge in [-0.25, -0.2) is 0 Å². The van der Waals surface area contributed by atoms with Gasteiger partial charge in [0, 0.05) is 23.4 Å². The minimum atomic E-state index is -1.74. The van der Waals surface area contributed by atoms with Gasteiger partial charge in [0.05, 0.1) is 24.6 Å². The molecule has 1 spiro atoms. The van der Waals surface area contributed by atoms with Crippen molar-refractivity contribution in [1.29, 1.82) is 0 Å². The van der Waals surface area contributed by atoms with Gasteiger partial charge in [0.25, 0.3) is 0 Å². The second-order valence-corrected chi connectivity index (χ2v) is 15.3. The fraction of sp³-hybridized carbons (Fsp3) is 0.340. The summed E-state index contributed by atoms with van der Waals surface area (Å²) < 4.78 is 12.7. The van der Waals surface area contributed by atoms with Gasteiger partial charge in [-0.1, -0.05) is 110 Å². The number of cyclic esters (lactones) is 1. The zero-order valence-electron chi connectivity index (χ0n) is 31.7. The molecule has 2 amide bonds. The topological polar surface area (TPSA) is 137 Å². The predicted octanol–water partition coefficient (Wildman–Crippen LogP) is 6.07. The zero-order valence-corrected chi connectivity index (χ0v) is 31.7. The summed E-state index contributed by atoms with van der Waals surface area (Å²) in [7, 11) is 0. The van der Waals surface area contributed by atoms with Gasteiger partial charge in [-0.05, 0) is 66.6 Å². The Morgan fingerprint density at radius 3 is 2.32 bits per heavy atom. The molecule has 6 atom stereocenters. The van der Waals surface area contributed by atoms with E-state index in [2.05, 4.69) is 29.1 Å². The van der Waals surface area contributed by atoms with Crippen LogP contribution in [0.5, 0.6) is 5.75 Å². The summed E-state index contributed by atoms with van der Waals surface area (Å²) in [6.45, 7) is 3.63. The Hall–Kier alpha value is -5.73. The van der Waals surface area contributed by atoms with Crippen molar-refractivity contribution in [3.63, 3.8) is 0 Å². The van der Waals surface area contributed by atoms with E-state index in [1.165, 1.54) is 0 Å². The number of fused-ring (bicyclic) bond motifs is 3. The highest BCUT2D eigenvalue weighted by molar-refractivity contribution is 6.12. The van der Waals surface area contributed by atoms with Crippen molar-refractivity contribution in [2.75, 3.05) is 25.1 Å². The summed E-state index contributed by atoms with van der Waals surface area (Å²) in [4.78, 5) is 47.2. The molecule has 10 nitrogen and oxygen atoms in total. The normalized spacial score (nSPS) is 26.2. The molecule has 1 aliphatic carbocycles. The van der Waals surface area contributed by atoms with Crippen LogP contribution >= 0.6 is 0 Å². The molecule has 0 unspecified atom stereocenters. The summed E-state index contributed by atoms with van der Waals surface area (Å²) in [6.07, 6.45) is 5.76. The number of nitrogens with zero attached hydrogens (tertiary/aromatic N) is 1. The average molecular weight is 766 g/mol. The van der Waals surface area contributed by atoms with E-state index < -0.39 is 58.9 Å². The number of nitrogens with one attached hydrogen (secondary N) is 2. The lowest BCUT2D eigenvalue weighted by Crippen LogP contribution is -2.54. The van der Waals surface area contributed by atoms with Crippen LogP contribution in [0.1, 0.15) is 84.5 Å². The maximum absolute atomic E-state index is 15.4. The molecule has 0 radical (unpaired) electrons. The summed E-state index contributed by atoms with van der Waals surface area (Å²) in [5, 5.41) is 27.4. The number of ether oxygens (including phenoxy) is 2. The first-order valence-electron chi connectivity index (χ1n) is 19.8. The molecule has 0 bridgehead atoms. The lowest BCUT2D eigenvalue weighted by molar-refractivity contribution is -0.178. The largest absolute Gasteiger partial charge is 0.491 e. The highest BCUT2D eigenvalue weighted by Gasteiger charge is 2.74. The van der Waals surface area contributed by atoms with Crippen molar-refractivity contribution < 1.29 is 34.1 Å². The third-order valence-electron chi connectivity index (χ3n) is 11.9. The molecule has 3 fully saturated rings. The number of benzene rings is 4. The van der Waals surface area contributed by atoms with Gasteiger partial charge in [-0.3, -0.25) is 19.3 Å². The first-order valence-corrected chi connectivity index (χ1v) is 19.8. The standard InChI is InChI=1S/C47H47N3O7/c1-2-27-48-43(52)38-40-44(53)57-41(33-17-9-6-10-18-33)39(32-15-7-5-8-16-32)50(40)42(34-19-11-12-20-37(34)56-29-28-51)47(38)35-30-31(21-22-36(35)49-45(47)54)23-26-46(55)24-13-3-4-14-25-46/h2,5-12,15-22,30,38-42,51,55H,1,3-4,13-14,24-25,27-29H2,(H,48,52)(H,49,54)/t38-,39-,40-,41+,42+,47-/m0/s1. The summed E-state index contributed by atoms with van der Waals surface area (Å²) in [6, 6.07) is 29.0. The molecule has 4 aromatic carbocycles. The third-order valence-corrected chi connectivity index (χ3v) is 11.9. The van der Waals surface area contributed by atoms with E-state index in [1.807, 2.05) is 89.8 Å². The fourth-order valence-electron chi connectivity index (χ4n) is 9.54. The predicted molar refractivity (Wildman–Crippen MR) is 215 cm³/mol. The lowest BCUT2D eigenvalue weighted by atomic mass is 9.65. The second-order valence-electron chi connectivity index (χ2n) is 15.3. The summed E-state index contributed by atoms with van der Waals surface area (Å²) >= 11 is 0. The number of para-hydroxylation sites is 1.